The van der Waals surface area contributed by atoms with Crippen LogP contribution in [0.4, 0.5) is 5.69 Å². The molecule has 1 aromatic rings. The molecule has 0 saturated heterocycles. The van der Waals surface area contributed by atoms with Gasteiger partial charge in [0.05, 0.1) is 4.92 Å². The van der Waals surface area contributed by atoms with E-state index < -0.39 is 4.92 Å². The standard InChI is InChI=1S/C10H11ClN2O3/c1-7(14)12-6-9-3-2-8(5-11)4-10(9)13(15)16/h2-4H,5-6H2,1H3,(H,12,14). The summed E-state index contributed by atoms with van der Waals surface area (Å²) in [5.41, 5.74) is 1.13. The fourth-order valence-corrected chi connectivity index (χ4v) is 1.40. The lowest BCUT2D eigenvalue weighted by molar-refractivity contribution is -0.385. The van der Waals surface area contributed by atoms with Crippen molar-refractivity contribution in [1.29, 1.82) is 0 Å². The minimum Gasteiger partial charge on any atom is -0.352 e. The zero-order valence-corrected chi connectivity index (χ0v) is 9.45. The van der Waals surface area contributed by atoms with E-state index >= 15 is 0 Å². The molecule has 1 amide bonds. The lowest BCUT2D eigenvalue weighted by Crippen LogP contribution is -2.19. The molecule has 0 unspecified atom stereocenters. The highest BCUT2D eigenvalue weighted by Gasteiger charge is 2.14. The number of alkyl halides is 1. The number of hydrogen-bond donors (Lipinski definition) is 1. The van der Waals surface area contributed by atoms with Gasteiger partial charge in [0.1, 0.15) is 0 Å². The van der Waals surface area contributed by atoms with E-state index in [1.54, 1.807) is 12.1 Å². The van der Waals surface area contributed by atoms with Crippen LogP contribution in [-0.2, 0) is 17.2 Å². The van der Waals surface area contributed by atoms with Gasteiger partial charge in [-0.05, 0) is 5.56 Å². The van der Waals surface area contributed by atoms with E-state index in [9.17, 15) is 14.9 Å². The highest BCUT2D eigenvalue weighted by atomic mass is 35.5. The molecule has 86 valence electrons. The van der Waals surface area contributed by atoms with E-state index in [4.69, 9.17) is 11.6 Å². The monoisotopic (exact) mass is 242 g/mol. The summed E-state index contributed by atoms with van der Waals surface area (Å²) in [6.07, 6.45) is 0. The second-order valence-electron chi connectivity index (χ2n) is 3.26. The van der Waals surface area contributed by atoms with Crippen LogP contribution in [0.25, 0.3) is 0 Å². The molecule has 1 aromatic carbocycles. The van der Waals surface area contributed by atoms with Gasteiger partial charge in [0.15, 0.2) is 0 Å². The van der Waals surface area contributed by atoms with Crippen molar-refractivity contribution < 1.29 is 9.72 Å². The first kappa shape index (κ1) is 12.4. The number of rotatable bonds is 4. The minimum absolute atomic E-state index is 0.0214. The number of carbonyl (C=O) groups excluding carboxylic acids is 1. The van der Waals surface area contributed by atoms with E-state index in [0.29, 0.717) is 11.1 Å². The van der Waals surface area contributed by atoms with Crippen molar-refractivity contribution in [3.05, 3.63) is 39.4 Å². The molecule has 1 N–H and O–H groups in total. The number of halogens is 1. The predicted octanol–water partition coefficient (Wildman–Crippen LogP) is 1.97. The van der Waals surface area contributed by atoms with Gasteiger partial charge in [-0.2, -0.15) is 0 Å². The Labute approximate surface area is 97.6 Å². The predicted molar refractivity (Wildman–Crippen MR) is 60.2 cm³/mol. The molecule has 0 saturated carbocycles. The minimum atomic E-state index is -0.479. The fourth-order valence-electron chi connectivity index (χ4n) is 1.23. The summed E-state index contributed by atoms with van der Waals surface area (Å²) < 4.78 is 0. The van der Waals surface area contributed by atoms with Gasteiger partial charge in [0.25, 0.3) is 5.69 Å². The van der Waals surface area contributed by atoms with Gasteiger partial charge in [0, 0.05) is 31.0 Å². The summed E-state index contributed by atoms with van der Waals surface area (Å²) in [6.45, 7) is 1.51. The summed E-state index contributed by atoms with van der Waals surface area (Å²) in [7, 11) is 0. The second kappa shape index (κ2) is 5.46. The van der Waals surface area contributed by atoms with Crippen molar-refractivity contribution in [2.45, 2.75) is 19.3 Å². The van der Waals surface area contributed by atoms with Crippen LogP contribution in [0.5, 0.6) is 0 Å². The Balaban J connectivity index is 2.98. The molecule has 0 atom stereocenters. The molecule has 1 rings (SSSR count). The molecule has 16 heavy (non-hydrogen) atoms. The Bertz CT molecular complexity index is 421. The third-order valence-electron chi connectivity index (χ3n) is 2.03. The van der Waals surface area contributed by atoms with E-state index in [1.165, 1.54) is 13.0 Å². The first-order valence-electron chi connectivity index (χ1n) is 4.61. The molecular weight excluding hydrogens is 232 g/mol. The van der Waals surface area contributed by atoms with Crippen molar-refractivity contribution in [2.75, 3.05) is 0 Å². The maximum atomic E-state index is 10.8. The number of benzene rings is 1. The molecule has 0 spiro atoms. The molecule has 0 aliphatic carbocycles. The third-order valence-corrected chi connectivity index (χ3v) is 2.34. The van der Waals surface area contributed by atoms with Crippen LogP contribution < -0.4 is 5.32 Å². The molecule has 0 bridgehead atoms. The summed E-state index contributed by atoms with van der Waals surface area (Å²) >= 11 is 5.59. The summed E-state index contributed by atoms with van der Waals surface area (Å²) in [6, 6.07) is 4.73. The van der Waals surface area contributed by atoms with Gasteiger partial charge in [-0.15, -0.1) is 11.6 Å². The molecule has 0 fully saturated rings. The van der Waals surface area contributed by atoms with Gasteiger partial charge in [-0.1, -0.05) is 12.1 Å². The van der Waals surface area contributed by atoms with Crippen LogP contribution in [0.1, 0.15) is 18.1 Å². The number of amides is 1. The number of hydrogen-bond acceptors (Lipinski definition) is 3. The topological polar surface area (TPSA) is 72.2 Å². The second-order valence-corrected chi connectivity index (χ2v) is 3.53. The van der Waals surface area contributed by atoms with Crippen LogP contribution in [0.3, 0.4) is 0 Å². The average Bonchev–Trinajstić information content (AvgIpc) is 2.25. The van der Waals surface area contributed by atoms with Crippen molar-refractivity contribution in [3.8, 4) is 0 Å². The molecule has 0 heterocycles. The Morgan fingerprint density at radius 3 is 2.75 bits per heavy atom. The number of carbonyl (C=O) groups is 1. The van der Waals surface area contributed by atoms with Gasteiger partial charge < -0.3 is 5.32 Å². The maximum Gasteiger partial charge on any atom is 0.274 e. The zero-order chi connectivity index (χ0) is 12.1. The van der Waals surface area contributed by atoms with Gasteiger partial charge >= 0.3 is 0 Å². The summed E-state index contributed by atoms with van der Waals surface area (Å²) in [5.74, 6) is -0.00272. The van der Waals surface area contributed by atoms with Crippen LogP contribution in [0.2, 0.25) is 0 Å². The van der Waals surface area contributed by atoms with E-state index in [1.807, 2.05) is 0 Å². The number of nitro benzene ring substituents is 1. The Kier molecular flexibility index (Phi) is 4.25. The fraction of sp³-hybridized carbons (Fsp3) is 0.300. The Hall–Kier alpha value is -1.62. The normalized spacial score (nSPS) is 9.88. The molecule has 0 aromatic heterocycles. The molecular formula is C10H11ClN2O3. The highest BCUT2D eigenvalue weighted by Crippen LogP contribution is 2.21. The summed E-state index contributed by atoms with van der Waals surface area (Å²) in [4.78, 5) is 21.0. The van der Waals surface area contributed by atoms with Crippen LogP contribution >= 0.6 is 11.6 Å². The first-order chi connectivity index (χ1) is 7.54. The van der Waals surface area contributed by atoms with Crippen LogP contribution in [-0.4, -0.2) is 10.8 Å². The van der Waals surface area contributed by atoms with Crippen molar-refractivity contribution in [1.82, 2.24) is 5.32 Å². The molecule has 0 aliphatic heterocycles. The van der Waals surface area contributed by atoms with Crippen LogP contribution in [0, 0.1) is 10.1 Å². The lowest BCUT2D eigenvalue weighted by atomic mass is 10.1. The maximum absolute atomic E-state index is 10.8. The van der Waals surface area contributed by atoms with Gasteiger partial charge in [-0.3, -0.25) is 14.9 Å². The lowest BCUT2D eigenvalue weighted by Gasteiger charge is -2.05. The van der Waals surface area contributed by atoms with Crippen molar-refractivity contribution in [3.63, 3.8) is 0 Å². The van der Waals surface area contributed by atoms with Crippen molar-refractivity contribution in [2.24, 2.45) is 0 Å². The third kappa shape index (κ3) is 3.20. The average molecular weight is 243 g/mol. The first-order valence-corrected chi connectivity index (χ1v) is 5.14. The highest BCUT2D eigenvalue weighted by molar-refractivity contribution is 6.17. The number of nitro groups is 1. The summed E-state index contributed by atoms with van der Waals surface area (Å²) in [5, 5.41) is 13.3. The molecule has 6 heteroatoms. The molecule has 0 radical (unpaired) electrons. The van der Waals surface area contributed by atoms with E-state index in [-0.39, 0.29) is 24.0 Å². The Morgan fingerprint density at radius 2 is 2.25 bits per heavy atom. The smallest absolute Gasteiger partial charge is 0.274 e. The van der Waals surface area contributed by atoms with Gasteiger partial charge in [-0.25, -0.2) is 0 Å². The van der Waals surface area contributed by atoms with Gasteiger partial charge in [0.2, 0.25) is 5.91 Å². The number of nitrogens with one attached hydrogen (secondary N) is 1. The quantitative estimate of drug-likeness (QED) is 0.498. The molecule has 0 aliphatic rings. The van der Waals surface area contributed by atoms with Crippen LogP contribution in [0.15, 0.2) is 18.2 Å². The number of nitrogens with zero attached hydrogens (tertiary/aromatic N) is 1. The SMILES string of the molecule is CC(=O)NCc1ccc(CCl)cc1[N+](=O)[O-]. The largest absolute Gasteiger partial charge is 0.352 e. The van der Waals surface area contributed by atoms with E-state index in [2.05, 4.69) is 5.32 Å². The zero-order valence-electron chi connectivity index (χ0n) is 8.70. The van der Waals surface area contributed by atoms with Crippen molar-refractivity contribution >= 4 is 23.2 Å². The van der Waals surface area contributed by atoms with E-state index in [0.717, 1.165) is 0 Å². The Morgan fingerprint density at radius 1 is 1.56 bits per heavy atom. The molecule has 5 nitrogen and oxygen atoms in total.